The molecule has 1 aliphatic heterocycles. The van der Waals surface area contributed by atoms with Crippen molar-refractivity contribution in [1.29, 1.82) is 0 Å². The van der Waals surface area contributed by atoms with Crippen molar-refractivity contribution in [2.45, 2.75) is 18.9 Å². The zero-order valence-electron chi connectivity index (χ0n) is 12.1. The van der Waals surface area contributed by atoms with Gasteiger partial charge in [0.2, 0.25) is 0 Å². The third kappa shape index (κ3) is 2.20. The molecule has 4 heteroatoms. The molecule has 0 N–H and O–H groups in total. The van der Waals surface area contributed by atoms with Crippen LogP contribution in [0.15, 0.2) is 54.0 Å². The van der Waals surface area contributed by atoms with Crippen molar-refractivity contribution in [3.05, 3.63) is 64.5 Å². The van der Waals surface area contributed by atoms with Crippen LogP contribution in [0.1, 0.15) is 34.1 Å². The van der Waals surface area contributed by atoms with Gasteiger partial charge in [-0.1, -0.05) is 24.3 Å². The van der Waals surface area contributed by atoms with Crippen LogP contribution in [0.2, 0.25) is 0 Å². The molecule has 1 aromatic carbocycles. The summed E-state index contributed by atoms with van der Waals surface area (Å²) in [6.45, 7) is 0.824. The van der Waals surface area contributed by atoms with Crippen LogP contribution in [0.25, 0.3) is 10.9 Å². The molecule has 1 amide bonds. The van der Waals surface area contributed by atoms with Crippen LogP contribution in [-0.2, 0) is 0 Å². The molecule has 0 radical (unpaired) electrons. The summed E-state index contributed by atoms with van der Waals surface area (Å²) in [7, 11) is 0. The molecule has 0 spiro atoms. The molecule has 3 nitrogen and oxygen atoms in total. The lowest BCUT2D eigenvalue weighted by atomic mass is 10.1. The van der Waals surface area contributed by atoms with Crippen LogP contribution >= 0.6 is 11.3 Å². The summed E-state index contributed by atoms with van der Waals surface area (Å²) in [4.78, 5) is 20.8. The van der Waals surface area contributed by atoms with Crippen LogP contribution in [0.5, 0.6) is 0 Å². The predicted octanol–water partition coefficient (Wildman–Crippen LogP) is 4.27. The van der Waals surface area contributed by atoms with Crippen LogP contribution in [-0.4, -0.2) is 22.3 Å². The fraction of sp³-hybridized carbons (Fsp3) is 0.222. The molecule has 1 atom stereocenters. The highest BCUT2D eigenvalue weighted by atomic mass is 32.1. The summed E-state index contributed by atoms with van der Waals surface area (Å²) in [5.74, 6) is 0.0974. The smallest absolute Gasteiger partial charge is 0.256 e. The first-order valence-electron chi connectivity index (χ1n) is 7.53. The van der Waals surface area contributed by atoms with Crippen molar-refractivity contribution < 1.29 is 4.79 Å². The van der Waals surface area contributed by atoms with Gasteiger partial charge >= 0.3 is 0 Å². The number of hydrogen-bond donors (Lipinski definition) is 0. The molecule has 1 aliphatic rings. The van der Waals surface area contributed by atoms with Crippen molar-refractivity contribution in [3.8, 4) is 0 Å². The third-order valence-electron chi connectivity index (χ3n) is 4.25. The molecule has 3 heterocycles. The van der Waals surface area contributed by atoms with Gasteiger partial charge in [-0.15, -0.1) is 11.3 Å². The molecule has 0 bridgehead atoms. The quantitative estimate of drug-likeness (QED) is 0.708. The van der Waals surface area contributed by atoms with Crippen molar-refractivity contribution in [2.75, 3.05) is 6.54 Å². The first-order valence-corrected chi connectivity index (χ1v) is 8.41. The van der Waals surface area contributed by atoms with Gasteiger partial charge in [0.25, 0.3) is 5.91 Å². The maximum atomic E-state index is 13.1. The number of nitrogens with zero attached hydrogens (tertiary/aromatic N) is 2. The van der Waals surface area contributed by atoms with Crippen LogP contribution in [0.4, 0.5) is 0 Å². The average Bonchev–Trinajstić information content (AvgIpc) is 3.24. The van der Waals surface area contributed by atoms with Crippen LogP contribution in [0, 0.1) is 0 Å². The summed E-state index contributed by atoms with van der Waals surface area (Å²) in [5.41, 5.74) is 1.51. The Morgan fingerprint density at radius 3 is 2.95 bits per heavy atom. The highest BCUT2D eigenvalue weighted by Crippen LogP contribution is 2.36. The van der Waals surface area contributed by atoms with Crippen molar-refractivity contribution in [1.82, 2.24) is 9.88 Å². The van der Waals surface area contributed by atoms with E-state index in [0.717, 1.165) is 30.3 Å². The van der Waals surface area contributed by atoms with Crippen molar-refractivity contribution in [3.63, 3.8) is 0 Å². The number of likely N-dealkylation sites (tertiary alicyclic amines) is 1. The summed E-state index contributed by atoms with van der Waals surface area (Å²) < 4.78 is 0. The Bertz CT molecular complexity index is 808. The van der Waals surface area contributed by atoms with E-state index in [1.54, 1.807) is 17.5 Å². The molecule has 22 heavy (non-hydrogen) atoms. The van der Waals surface area contributed by atoms with Gasteiger partial charge in [0.05, 0.1) is 17.1 Å². The second kappa shape index (κ2) is 5.54. The maximum Gasteiger partial charge on any atom is 0.256 e. The van der Waals surface area contributed by atoms with Gasteiger partial charge in [0.15, 0.2) is 0 Å². The maximum absolute atomic E-state index is 13.1. The minimum atomic E-state index is 0.0974. The minimum Gasteiger partial charge on any atom is -0.331 e. The predicted molar refractivity (Wildman–Crippen MR) is 89.1 cm³/mol. The zero-order valence-corrected chi connectivity index (χ0v) is 12.9. The molecule has 4 rings (SSSR count). The summed E-state index contributed by atoms with van der Waals surface area (Å²) >= 11 is 1.73. The van der Waals surface area contributed by atoms with Gasteiger partial charge in [-0.25, -0.2) is 0 Å². The Labute approximate surface area is 133 Å². The van der Waals surface area contributed by atoms with E-state index < -0.39 is 0 Å². The molecule has 3 aromatic rings. The lowest BCUT2D eigenvalue weighted by Gasteiger charge is -2.24. The third-order valence-corrected chi connectivity index (χ3v) is 5.22. The molecule has 1 fully saturated rings. The Balaban J connectivity index is 1.74. The monoisotopic (exact) mass is 308 g/mol. The number of thiophene rings is 1. The minimum absolute atomic E-state index is 0.0974. The first kappa shape index (κ1) is 13.5. The van der Waals surface area contributed by atoms with Gasteiger partial charge < -0.3 is 4.90 Å². The molecule has 2 aromatic heterocycles. The fourth-order valence-electron chi connectivity index (χ4n) is 3.22. The van der Waals surface area contributed by atoms with Crippen molar-refractivity contribution >= 4 is 28.1 Å². The summed E-state index contributed by atoms with van der Waals surface area (Å²) in [6.07, 6.45) is 3.86. The highest BCUT2D eigenvalue weighted by Gasteiger charge is 2.31. The SMILES string of the molecule is O=C(c1cccc2cccnc12)N1CCC[C@@H]1c1cccs1. The lowest BCUT2D eigenvalue weighted by molar-refractivity contribution is 0.0739. The molecular formula is C18H16N2OS. The van der Waals surface area contributed by atoms with E-state index in [-0.39, 0.29) is 11.9 Å². The van der Waals surface area contributed by atoms with Gasteiger partial charge in [-0.2, -0.15) is 0 Å². The number of pyridine rings is 1. The standard InChI is InChI=1S/C18H16N2OS/c21-18(14-7-1-5-13-6-2-10-19-17(13)14)20-11-3-8-15(20)16-9-4-12-22-16/h1-2,4-7,9-10,12,15H,3,8,11H2/t15-/m1/s1. The van der Waals surface area contributed by atoms with Crippen LogP contribution < -0.4 is 0 Å². The van der Waals surface area contributed by atoms with Gasteiger partial charge in [0, 0.05) is 23.0 Å². The number of carbonyl (C=O) groups is 1. The summed E-state index contributed by atoms with van der Waals surface area (Å²) in [5, 5.41) is 3.09. The molecule has 0 saturated carbocycles. The topological polar surface area (TPSA) is 33.2 Å². The summed E-state index contributed by atoms with van der Waals surface area (Å²) in [6, 6.07) is 14.1. The largest absolute Gasteiger partial charge is 0.331 e. The van der Waals surface area contributed by atoms with E-state index in [1.165, 1.54) is 4.88 Å². The number of hydrogen-bond acceptors (Lipinski definition) is 3. The Hall–Kier alpha value is -2.20. The van der Waals surface area contributed by atoms with Gasteiger partial charge in [0.1, 0.15) is 0 Å². The number of amides is 1. The highest BCUT2D eigenvalue weighted by molar-refractivity contribution is 7.10. The zero-order chi connectivity index (χ0) is 14.9. The molecule has 0 aliphatic carbocycles. The first-order chi connectivity index (χ1) is 10.8. The number of rotatable bonds is 2. The number of para-hydroxylation sites is 1. The lowest BCUT2D eigenvalue weighted by Crippen LogP contribution is -2.30. The Kier molecular flexibility index (Phi) is 3.39. The van der Waals surface area contributed by atoms with E-state index in [9.17, 15) is 4.79 Å². The number of fused-ring (bicyclic) bond motifs is 1. The second-order valence-electron chi connectivity index (χ2n) is 5.55. The van der Waals surface area contributed by atoms with E-state index in [0.29, 0.717) is 5.56 Å². The second-order valence-corrected chi connectivity index (χ2v) is 6.53. The van der Waals surface area contributed by atoms with Crippen molar-refractivity contribution in [2.24, 2.45) is 0 Å². The van der Waals surface area contributed by atoms with Crippen LogP contribution in [0.3, 0.4) is 0 Å². The van der Waals surface area contributed by atoms with Gasteiger partial charge in [-0.05, 0) is 36.4 Å². The number of carbonyl (C=O) groups excluding carboxylic acids is 1. The average molecular weight is 308 g/mol. The number of aromatic nitrogens is 1. The van der Waals surface area contributed by atoms with E-state index in [4.69, 9.17) is 0 Å². The molecular weight excluding hydrogens is 292 g/mol. The van der Waals surface area contributed by atoms with E-state index >= 15 is 0 Å². The Morgan fingerprint density at radius 2 is 2.09 bits per heavy atom. The molecule has 0 unspecified atom stereocenters. The normalized spacial score (nSPS) is 18.0. The van der Waals surface area contributed by atoms with E-state index in [1.807, 2.05) is 35.2 Å². The fourth-order valence-corrected chi connectivity index (χ4v) is 4.09. The number of benzene rings is 1. The molecule has 110 valence electrons. The molecule has 1 saturated heterocycles. The Morgan fingerprint density at radius 1 is 1.18 bits per heavy atom. The van der Waals surface area contributed by atoms with E-state index in [2.05, 4.69) is 22.5 Å². The van der Waals surface area contributed by atoms with Gasteiger partial charge in [-0.3, -0.25) is 9.78 Å².